The molecule has 0 saturated heterocycles. The summed E-state index contributed by atoms with van der Waals surface area (Å²) in [4.78, 5) is 0. The molecular formula is C41H52Cl2Zr. The molecule has 2 aliphatic rings. The first kappa shape index (κ1) is 36.9. The van der Waals surface area contributed by atoms with Gasteiger partial charge in [-0.25, -0.2) is 0 Å². The van der Waals surface area contributed by atoms with Crippen LogP contribution in [0.4, 0.5) is 0 Å². The number of allylic oxidation sites excluding steroid dienone is 4. The standard InChI is InChI=1S/C23H29.C10H15.C8H8.2ClH.Zr/c1-14-9-16-11-17-10-15(2)21(23(6,7)8)13-19(17)18(16)12-20(14)22(3,4)5;1-8-5-6-9(7-8)10(2,3)4;1-2-8-6-4-3-5-7-8;;;/h9,12-13H,11H2,1-8H3;6-8H,1-4H3;3-7H,1H3;2*1H;/q;;;;;+2/p-2. The van der Waals surface area contributed by atoms with E-state index >= 15 is 0 Å². The van der Waals surface area contributed by atoms with Gasteiger partial charge in [-0.05, 0) is 0 Å². The number of hydrogen-bond acceptors (Lipinski definition) is 0. The van der Waals surface area contributed by atoms with Crippen LogP contribution in [-0.2, 0) is 38.5 Å². The van der Waals surface area contributed by atoms with Crippen LogP contribution in [0.25, 0.3) is 11.1 Å². The molecule has 1 unspecified atom stereocenters. The van der Waals surface area contributed by atoms with Gasteiger partial charge in [0.15, 0.2) is 0 Å². The minimum absolute atomic E-state index is 0. The molecule has 3 aromatic carbocycles. The van der Waals surface area contributed by atoms with E-state index in [4.69, 9.17) is 0 Å². The summed E-state index contributed by atoms with van der Waals surface area (Å²) in [6.07, 6.45) is 6.28. The molecule has 0 N–H and O–H groups in total. The van der Waals surface area contributed by atoms with Crippen molar-refractivity contribution in [3.8, 4) is 11.1 Å². The molecule has 234 valence electrons. The van der Waals surface area contributed by atoms with E-state index in [1.165, 1.54) is 44.5 Å². The third-order valence-corrected chi connectivity index (χ3v) is 18.0. The summed E-state index contributed by atoms with van der Waals surface area (Å²) in [5, 5.41) is 0. The van der Waals surface area contributed by atoms with E-state index in [1.54, 1.807) is 20.9 Å². The topological polar surface area (TPSA) is 0 Å². The zero-order valence-corrected chi connectivity index (χ0v) is 33.3. The Balaban J connectivity index is 0.00000264. The Morgan fingerprint density at radius 1 is 0.750 bits per heavy atom. The third-order valence-electron chi connectivity index (χ3n) is 9.64. The first-order valence-corrected chi connectivity index (χ1v) is 19.6. The molecule has 2 aliphatic carbocycles. The molecule has 3 heteroatoms. The van der Waals surface area contributed by atoms with Crippen molar-refractivity contribution in [2.75, 3.05) is 0 Å². The average Bonchev–Trinajstić information content (AvgIpc) is 3.43. The average molecular weight is 707 g/mol. The summed E-state index contributed by atoms with van der Waals surface area (Å²) in [5.41, 5.74) is 15.4. The van der Waals surface area contributed by atoms with E-state index in [0.29, 0.717) is 5.92 Å². The monoisotopic (exact) mass is 704 g/mol. The fourth-order valence-electron chi connectivity index (χ4n) is 7.39. The SMILES string of the molecule is C/[C](c1ccccc1)=[Zr+2](\[C]1=CC(C(C)(C)C)=CC1C)[c]1c(C)c(C(C)(C)C)cc2c1Cc1cc(C)c(C(C)(C)C)cc1-2.[Cl-].[Cl-]. The third kappa shape index (κ3) is 6.78. The molecule has 3 aromatic rings. The summed E-state index contributed by atoms with van der Waals surface area (Å²) < 4.78 is 5.13. The maximum Gasteiger partial charge on any atom is -1.00 e. The number of fused-ring (bicyclic) bond motifs is 3. The number of aryl methyl sites for hydroxylation is 1. The number of benzene rings is 3. The van der Waals surface area contributed by atoms with Crippen LogP contribution in [0.3, 0.4) is 0 Å². The van der Waals surface area contributed by atoms with E-state index in [-0.39, 0.29) is 41.1 Å². The zero-order valence-electron chi connectivity index (χ0n) is 29.3. The summed E-state index contributed by atoms with van der Waals surface area (Å²) in [6.45, 7) is 31.1. The van der Waals surface area contributed by atoms with E-state index in [1.807, 2.05) is 0 Å². The van der Waals surface area contributed by atoms with Gasteiger partial charge in [0, 0.05) is 0 Å². The summed E-state index contributed by atoms with van der Waals surface area (Å²) in [6, 6.07) is 19.0. The van der Waals surface area contributed by atoms with Gasteiger partial charge < -0.3 is 24.8 Å². The van der Waals surface area contributed by atoms with Crippen LogP contribution in [0, 0.1) is 25.2 Å². The van der Waals surface area contributed by atoms with E-state index in [9.17, 15) is 0 Å². The Labute approximate surface area is 288 Å². The predicted octanol–water partition coefficient (Wildman–Crippen LogP) is 4.47. The predicted molar refractivity (Wildman–Crippen MR) is 182 cm³/mol. The smallest absolute Gasteiger partial charge is 1.00 e. The molecule has 0 fully saturated rings. The molecule has 5 rings (SSSR count). The second kappa shape index (κ2) is 12.9. The molecule has 0 aromatic heterocycles. The molecule has 0 nitrogen and oxygen atoms in total. The molecule has 0 radical (unpaired) electrons. The molecule has 0 aliphatic heterocycles. The van der Waals surface area contributed by atoms with Crippen molar-refractivity contribution in [1.82, 2.24) is 0 Å². The Morgan fingerprint density at radius 2 is 1.32 bits per heavy atom. The van der Waals surface area contributed by atoms with Crippen molar-refractivity contribution in [3.63, 3.8) is 0 Å². The molecule has 0 saturated carbocycles. The quantitative estimate of drug-likeness (QED) is 0.295. The van der Waals surface area contributed by atoms with Crippen LogP contribution in [0.15, 0.2) is 69.5 Å². The molecule has 0 heterocycles. The summed E-state index contributed by atoms with van der Waals surface area (Å²) in [7, 11) is 0. The van der Waals surface area contributed by atoms with Crippen LogP contribution >= 0.6 is 0 Å². The largest absolute Gasteiger partial charge is 1.00 e. The maximum absolute atomic E-state index is 2.64. The van der Waals surface area contributed by atoms with E-state index < -0.39 is 21.3 Å². The first-order valence-electron chi connectivity index (χ1n) is 15.9. The number of rotatable bonds is 3. The zero-order chi connectivity index (χ0) is 30.9. The van der Waals surface area contributed by atoms with Gasteiger partial charge in [0.1, 0.15) is 0 Å². The number of hydrogen-bond donors (Lipinski definition) is 0. The summed E-state index contributed by atoms with van der Waals surface area (Å²) >= 11 is -2.62. The van der Waals surface area contributed by atoms with Crippen LogP contribution in [0.1, 0.15) is 115 Å². The van der Waals surface area contributed by atoms with Gasteiger partial charge in [-0.1, -0.05) is 0 Å². The second-order valence-corrected chi connectivity index (χ2v) is 22.4. The van der Waals surface area contributed by atoms with E-state index in [0.717, 1.165) is 6.42 Å². The van der Waals surface area contributed by atoms with Crippen LogP contribution in [0.2, 0.25) is 0 Å². The van der Waals surface area contributed by atoms with Crippen molar-refractivity contribution in [3.05, 3.63) is 108 Å². The van der Waals surface area contributed by atoms with Gasteiger partial charge in [-0.3, -0.25) is 0 Å². The normalized spacial score (nSPS) is 16.3. The van der Waals surface area contributed by atoms with Gasteiger partial charge in [-0.2, -0.15) is 0 Å². The Morgan fingerprint density at radius 3 is 1.84 bits per heavy atom. The molecule has 0 amide bonds. The van der Waals surface area contributed by atoms with Gasteiger partial charge in [0.25, 0.3) is 0 Å². The van der Waals surface area contributed by atoms with Gasteiger partial charge >= 0.3 is 266 Å². The van der Waals surface area contributed by atoms with Crippen molar-refractivity contribution >= 4 is 6.48 Å². The van der Waals surface area contributed by atoms with Crippen molar-refractivity contribution in [2.45, 2.75) is 107 Å². The first-order chi connectivity index (χ1) is 19.4. The second-order valence-electron chi connectivity index (χ2n) is 16.1. The molecular weight excluding hydrogens is 655 g/mol. The fraction of sp³-hybridized carbons (Fsp3) is 0.439. The molecule has 44 heavy (non-hydrogen) atoms. The maximum atomic E-state index is 2.64. The van der Waals surface area contributed by atoms with Crippen LogP contribution < -0.4 is 28.1 Å². The van der Waals surface area contributed by atoms with Crippen LogP contribution in [-0.4, -0.2) is 3.21 Å². The fourth-order valence-corrected chi connectivity index (χ4v) is 15.8. The Bertz CT molecular complexity index is 1660. The molecule has 0 bridgehead atoms. The van der Waals surface area contributed by atoms with Crippen molar-refractivity contribution in [2.24, 2.45) is 11.3 Å². The summed E-state index contributed by atoms with van der Waals surface area (Å²) in [5.74, 6) is 0.485. The minimum Gasteiger partial charge on any atom is -1.00 e. The molecule has 1 atom stereocenters. The van der Waals surface area contributed by atoms with Gasteiger partial charge in [0.05, 0.1) is 0 Å². The minimum atomic E-state index is -2.62. The Kier molecular flexibility index (Phi) is 10.9. The van der Waals surface area contributed by atoms with Crippen LogP contribution in [0.5, 0.6) is 0 Å². The van der Waals surface area contributed by atoms with Gasteiger partial charge in [0.2, 0.25) is 0 Å². The van der Waals surface area contributed by atoms with Crippen molar-refractivity contribution in [1.29, 1.82) is 0 Å². The molecule has 0 spiro atoms. The van der Waals surface area contributed by atoms with E-state index in [2.05, 4.69) is 151 Å². The number of halogens is 2. The Hall–Kier alpha value is -1.53. The van der Waals surface area contributed by atoms with Crippen molar-refractivity contribution < 1.29 is 46.1 Å². The van der Waals surface area contributed by atoms with Gasteiger partial charge in [-0.15, -0.1) is 0 Å².